The Balaban J connectivity index is 1.79. The van der Waals surface area contributed by atoms with Crippen LogP contribution in [0.5, 0.6) is 0 Å². The van der Waals surface area contributed by atoms with E-state index in [2.05, 4.69) is 10.4 Å². The Hall–Kier alpha value is -3.03. The number of hydrogen-bond acceptors (Lipinski definition) is 4. The normalized spacial score (nSPS) is 11.2. The van der Waals surface area contributed by atoms with Gasteiger partial charge in [0.15, 0.2) is 0 Å². The number of carbonyl (C=O) groups is 1. The zero-order valence-corrected chi connectivity index (χ0v) is 13.5. The standard InChI is InChI=1S/C17H15F2N3O3/c1-9-5-16(24)25-14-7-11(3-4-12(9)14)20-15(23)8-22-10(2)6-13(21-22)17(18)19/h3-7,17H,8H2,1-2H3,(H,20,23). The van der Waals surface area contributed by atoms with E-state index in [0.717, 1.165) is 10.9 Å². The molecule has 0 saturated heterocycles. The highest BCUT2D eigenvalue weighted by Crippen LogP contribution is 2.21. The van der Waals surface area contributed by atoms with Gasteiger partial charge in [-0.3, -0.25) is 9.48 Å². The molecule has 0 fully saturated rings. The van der Waals surface area contributed by atoms with Crippen molar-refractivity contribution in [2.75, 3.05) is 5.32 Å². The SMILES string of the molecule is Cc1cc(=O)oc2cc(NC(=O)Cn3nc(C(F)F)cc3C)ccc12. The summed E-state index contributed by atoms with van der Waals surface area (Å²) in [6.45, 7) is 3.19. The van der Waals surface area contributed by atoms with E-state index in [1.807, 2.05) is 0 Å². The van der Waals surface area contributed by atoms with Crippen molar-refractivity contribution in [2.45, 2.75) is 26.8 Å². The smallest absolute Gasteiger partial charge is 0.336 e. The van der Waals surface area contributed by atoms with Crippen LogP contribution in [-0.2, 0) is 11.3 Å². The first-order chi connectivity index (χ1) is 11.8. The highest BCUT2D eigenvalue weighted by atomic mass is 19.3. The molecule has 25 heavy (non-hydrogen) atoms. The number of hydrogen-bond donors (Lipinski definition) is 1. The first-order valence-corrected chi connectivity index (χ1v) is 7.50. The fraction of sp³-hybridized carbons (Fsp3) is 0.235. The number of nitrogens with zero attached hydrogens (tertiary/aromatic N) is 2. The molecule has 130 valence electrons. The second kappa shape index (κ2) is 6.46. The van der Waals surface area contributed by atoms with Crippen molar-refractivity contribution < 1.29 is 18.0 Å². The third kappa shape index (κ3) is 3.57. The van der Waals surface area contributed by atoms with Gasteiger partial charge in [-0.2, -0.15) is 5.10 Å². The van der Waals surface area contributed by atoms with Crippen molar-refractivity contribution in [3.63, 3.8) is 0 Å². The molecule has 6 nitrogen and oxygen atoms in total. The molecule has 0 saturated carbocycles. The van der Waals surface area contributed by atoms with Crippen LogP contribution in [0, 0.1) is 13.8 Å². The lowest BCUT2D eigenvalue weighted by Gasteiger charge is -2.08. The molecule has 1 amide bonds. The van der Waals surface area contributed by atoms with Crippen LogP contribution in [0.3, 0.4) is 0 Å². The van der Waals surface area contributed by atoms with Crippen molar-refractivity contribution in [1.29, 1.82) is 0 Å². The number of fused-ring (bicyclic) bond motifs is 1. The van der Waals surface area contributed by atoms with Crippen LogP contribution in [-0.4, -0.2) is 15.7 Å². The molecule has 2 heterocycles. The number of anilines is 1. The zero-order chi connectivity index (χ0) is 18.1. The molecular formula is C17H15F2N3O3. The molecule has 0 aliphatic heterocycles. The van der Waals surface area contributed by atoms with E-state index in [0.29, 0.717) is 17.0 Å². The summed E-state index contributed by atoms with van der Waals surface area (Å²) in [5.74, 6) is -0.429. The summed E-state index contributed by atoms with van der Waals surface area (Å²) in [5, 5.41) is 7.11. The van der Waals surface area contributed by atoms with Crippen LogP contribution in [0.1, 0.15) is 23.4 Å². The summed E-state index contributed by atoms with van der Waals surface area (Å²) in [4.78, 5) is 23.6. The lowest BCUT2D eigenvalue weighted by molar-refractivity contribution is -0.117. The molecule has 0 bridgehead atoms. The lowest BCUT2D eigenvalue weighted by atomic mass is 10.1. The van der Waals surface area contributed by atoms with Crippen LogP contribution >= 0.6 is 0 Å². The minimum Gasteiger partial charge on any atom is -0.423 e. The van der Waals surface area contributed by atoms with Crippen LogP contribution in [0.25, 0.3) is 11.0 Å². The van der Waals surface area contributed by atoms with Crippen molar-refractivity contribution in [3.05, 3.63) is 57.7 Å². The van der Waals surface area contributed by atoms with Crippen molar-refractivity contribution in [1.82, 2.24) is 9.78 Å². The van der Waals surface area contributed by atoms with E-state index in [4.69, 9.17) is 4.42 Å². The summed E-state index contributed by atoms with van der Waals surface area (Å²) < 4.78 is 31.6. The van der Waals surface area contributed by atoms with Gasteiger partial charge in [-0.1, -0.05) is 0 Å². The Kier molecular flexibility index (Phi) is 4.35. The second-order valence-corrected chi connectivity index (χ2v) is 5.68. The third-order valence-corrected chi connectivity index (χ3v) is 3.75. The number of amides is 1. The highest BCUT2D eigenvalue weighted by Gasteiger charge is 2.15. The molecule has 8 heteroatoms. The predicted molar refractivity (Wildman–Crippen MR) is 87.8 cm³/mol. The van der Waals surface area contributed by atoms with Gasteiger partial charge in [0.1, 0.15) is 17.8 Å². The average Bonchev–Trinajstić information content (AvgIpc) is 2.88. The number of rotatable bonds is 4. The topological polar surface area (TPSA) is 77.1 Å². The monoisotopic (exact) mass is 347 g/mol. The largest absolute Gasteiger partial charge is 0.423 e. The summed E-state index contributed by atoms with van der Waals surface area (Å²) in [5.41, 5.74) is 1.19. The van der Waals surface area contributed by atoms with Crippen LogP contribution in [0.15, 0.2) is 39.5 Å². The fourth-order valence-corrected chi connectivity index (χ4v) is 2.54. The molecule has 2 aromatic heterocycles. The minimum atomic E-state index is -2.69. The number of halogens is 2. The van der Waals surface area contributed by atoms with E-state index in [1.54, 1.807) is 32.0 Å². The molecule has 0 unspecified atom stereocenters. The molecule has 0 aliphatic carbocycles. The van der Waals surface area contributed by atoms with Gasteiger partial charge in [0.05, 0.1) is 0 Å². The van der Waals surface area contributed by atoms with Crippen molar-refractivity contribution in [2.24, 2.45) is 0 Å². The van der Waals surface area contributed by atoms with E-state index in [-0.39, 0.29) is 12.2 Å². The summed E-state index contributed by atoms with van der Waals surface area (Å²) in [6, 6.07) is 7.58. The second-order valence-electron chi connectivity index (χ2n) is 5.68. The van der Waals surface area contributed by atoms with Crippen LogP contribution in [0.2, 0.25) is 0 Å². The first kappa shape index (κ1) is 16.8. The van der Waals surface area contributed by atoms with Gasteiger partial charge in [-0.05, 0) is 37.6 Å². The summed E-state index contributed by atoms with van der Waals surface area (Å²) in [7, 11) is 0. The Labute approximate surface area is 141 Å². The van der Waals surface area contributed by atoms with Gasteiger partial charge in [0, 0.05) is 28.9 Å². The van der Waals surface area contributed by atoms with Gasteiger partial charge >= 0.3 is 5.63 Å². The number of aryl methyl sites for hydroxylation is 2. The fourth-order valence-electron chi connectivity index (χ4n) is 2.54. The molecule has 1 aromatic carbocycles. The van der Waals surface area contributed by atoms with Crippen molar-refractivity contribution >= 4 is 22.6 Å². The molecular weight excluding hydrogens is 332 g/mol. The number of alkyl halides is 2. The quantitative estimate of drug-likeness (QED) is 0.736. The number of aromatic nitrogens is 2. The molecule has 0 radical (unpaired) electrons. The molecule has 3 aromatic rings. The van der Waals surface area contributed by atoms with Gasteiger partial charge in [0.2, 0.25) is 5.91 Å². The van der Waals surface area contributed by atoms with Crippen LogP contribution in [0.4, 0.5) is 14.5 Å². The van der Waals surface area contributed by atoms with E-state index in [1.165, 1.54) is 16.8 Å². The highest BCUT2D eigenvalue weighted by molar-refractivity contribution is 5.93. The maximum atomic E-state index is 12.6. The Bertz CT molecular complexity index is 1010. The Morgan fingerprint density at radius 2 is 2.04 bits per heavy atom. The molecule has 3 rings (SSSR count). The molecule has 0 aliphatic rings. The van der Waals surface area contributed by atoms with Crippen molar-refractivity contribution in [3.8, 4) is 0 Å². The van der Waals surface area contributed by atoms with E-state index < -0.39 is 18.0 Å². The van der Waals surface area contributed by atoms with Gasteiger partial charge in [0.25, 0.3) is 6.43 Å². The lowest BCUT2D eigenvalue weighted by Crippen LogP contribution is -2.20. The first-order valence-electron chi connectivity index (χ1n) is 7.50. The Morgan fingerprint density at radius 1 is 1.28 bits per heavy atom. The zero-order valence-electron chi connectivity index (χ0n) is 13.5. The van der Waals surface area contributed by atoms with Gasteiger partial charge in [-0.25, -0.2) is 13.6 Å². The predicted octanol–water partition coefficient (Wildman–Crippen LogP) is 3.18. The molecule has 1 N–H and O–H groups in total. The third-order valence-electron chi connectivity index (χ3n) is 3.75. The molecule has 0 spiro atoms. The van der Waals surface area contributed by atoms with Crippen LogP contribution < -0.4 is 10.9 Å². The van der Waals surface area contributed by atoms with E-state index >= 15 is 0 Å². The maximum absolute atomic E-state index is 12.6. The van der Waals surface area contributed by atoms with Gasteiger partial charge in [-0.15, -0.1) is 0 Å². The summed E-state index contributed by atoms with van der Waals surface area (Å²) in [6.07, 6.45) is -2.69. The summed E-state index contributed by atoms with van der Waals surface area (Å²) >= 11 is 0. The number of benzene rings is 1. The molecule has 0 atom stereocenters. The van der Waals surface area contributed by atoms with Gasteiger partial charge < -0.3 is 9.73 Å². The Morgan fingerprint density at radius 3 is 2.72 bits per heavy atom. The maximum Gasteiger partial charge on any atom is 0.336 e. The van der Waals surface area contributed by atoms with E-state index in [9.17, 15) is 18.4 Å². The average molecular weight is 347 g/mol. The minimum absolute atomic E-state index is 0.200. The number of nitrogens with one attached hydrogen (secondary N) is 1. The number of carbonyl (C=O) groups excluding carboxylic acids is 1.